The van der Waals surface area contributed by atoms with Gasteiger partial charge in [0.1, 0.15) is 0 Å². The molecule has 22 heavy (non-hydrogen) atoms. The Hall–Kier alpha value is -1.60. The fraction of sp³-hybridized carbons (Fsp3) is 0. The van der Waals surface area contributed by atoms with Gasteiger partial charge < -0.3 is 10.3 Å². The second kappa shape index (κ2) is 7.11. The van der Waals surface area contributed by atoms with E-state index in [1.807, 2.05) is 0 Å². The monoisotopic (exact) mass is 356 g/mol. The van der Waals surface area contributed by atoms with E-state index in [1.54, 1.807) is 6.07 Å². The smallest absolute Gasteiger partial charge is 0.425 e. The highest BCUT2D eigenvalue weighted by atomic mass is 35.5. The van der Waals surface area contributed by atoms with Crippen LogP contribution in [0.1, 0.15) is 10.4 Å². The summed E-state index contributed by atoms with van der Waals surface area (Å²) < 4.78 is 0. The van der Waals surface area contributed by atoms with E-state index in [2.05, 4.69) is 10.4 Å². The van der Waals surface area contributed by atoms with Crippen molar-refractivity contribution in [1.29, 1.82) is 0 Å². The number of rotatable bonds is 4. The number of benzene rings is 2. The first-order valence-corrected chi connectivity index (χ1v) is 7.12. The Morgan fingerprint density at radius 3 is 2.32 bits per heavy atom. The largest absolute Gasteiger partial charge is 0.517 e. The number of anilines is 1. The highest BCUT2D eigenvalue weighted by Crippen LogP contribution is 2.27. The second-order valence-electron chi connectivity index (χ2n) is 4.27. The molecule has 0 heterocycles. The summed E-state index contributed by atoms with van der Waals surface area (Å²) in [5.74, 6) is -0.566. The van der Waals surface area contributed by atoms with Crippen LogP contribution in [0.2, 0.25) is 15.1 Å². The molecule has 0 atom stereocenters. The zero-order valence-corrected chi connectivity index (χ0v) is 13.2. The summed E-state index contributed by atoms with van der Waals surface area (Å²) >= 11 is 17.9. The van der Waals surface area contributed by atoms with Crippen LogP contribution in [0.25, 0.3) is 0 Å². The van der Waals surface area contributed by atoms with Crippen LogP contribution in [-0.4, -0.2) is 18.0 Å². The quantitative estimate of drug-likeness (QED) is 0.651. The molecule has 112 valence electrons. The lowest BCUT2D eigenvalue weighted by molar-refractivity contribution is 0.102. The number of hydrogen-bond donors (Lipinski definition) is 2. The maximum atomic E-state index is 12.3. The van der Waals surface area contributed by atoms with Crippen molar-refractivity contribution in [3.63, 3.8) is 0 Å². The van der Waals surface area contributed by atoms with Crippen LogP contribution in [-0.2, 0) is 0 Å². The molecule has 2 rings (SSSR count). The average molecular weight is 357 g/mol. The van der Waals surface area contributed by atoms with Crippen molar-refractivity contribution < 1.29 is 9.82 Å². The molecule has 0 spiro atoms. The van der Waals surface area contributed by atoms with Crippen LogP contribution in [0.3, 0.4) is 0 Å². The topological polar surface area (TPSA) is 78.8 Å². The minimum absolute atomic E-state index is 0.0985. The first-order chi connectivity index (χ1) is 10.4. The van der Waals surface area contributed by atoms with Gasteiger partial charge >= 0.3 is 7.05 Å². The summed E-state index contributed by atoms with van der Waals surface area (Å²) in [7, 11) is -1.54. The van der Waals surface area contributed by atoms with Crippen molar-refractivity contribution in [2.45, 2.75) is 0 Å². The molecule has 0 aliphatic carbocycles. The minimum atomic E-state index is -1.54. The molecule has 9 heteroatoms. The van der Waals surface area contributed by atoms with Crippen molar-refractivity contribution in [2.24, 2.45) is 5.09 Å². The average Bonchev–Trinajstić information content (AvgIpc) is 2.48. The van der Waals surface area contributed by atoms with Gasteiger partial charge in [0.15, 0.2) is 0 Å². The number of halogens is 3. The molecule has 0 aromatic heterocycles. The lowest BCUT2D eigenvalue weighted by Crippen LogP contribution is -2.28. The van der Waals surface area contributed by atoms with Crippen LogP contribution in [0.15, 0.2) is 41.5 Å². The molecule has 0 radical (unpaired) electrons. The van der Waals surface area contributed by atoms with Crippen LogP contribution in [0, 0.1) is 4.91 Å². The molecule has 2 aromatic carbocycles. The maximum Gasteiger partial charge on any atom is 0.517 e. The molecule has 0 fully saturated rings. The van der Waals surface area contributed by atoms with E-state index < -0.39 is 13.0 Å². The number of hydrogen-bond acceptors (Lipinski definition) is 4. The number of amides is 1. The van der Waals surface area contributed by atoms with Crippen molar-refractivity contribution in [3.05, 3.63) is 61.9 Å². The van der Waals surface area contributed by atoms with Gasteiger partial charge in [0, 0.05) is 0 Å². The van der Waals surface area contributed by atoms with Gasteiger partial charge in [-0.2, -0.15) is 4.91 Å². The maximum absolute atomic E-state index is 12.3. The predicted octanol–water partition coefficient (Wildman–Crippen LogP) is 3.35. The van der Waals surface area contributed by atoms with Gasteiger partial charge in [-0.15, -0.1) is 0 Å². The third-order valence-electron chi connectivity index (χ3n) is 2.83. The fourth-order valence-electron chi connectivity index (χ4n) is 1.76. The van der Waals surface area contributed by atoms with Crippen molar-refractivity contribution in [3.8, 4) is 0 Å². The molecule has 2 N–H and O–H groups in total. The summed E-state index contributed by atoms with van der Waals surface area (Å²) in [5.41, 5.74) is 0.490. The molecule has 0 unspecified atom stereocenters. The molecule has 0 aliphatic heterocycles. The van der Waals surface area contributed by atoms with Crippen LogP contribution in [0.5, 0.6) is 0 Å². The lowest BCUT2D eigenvalue weighted by Gasteiger charge is -2.11. The Balaban J connectivity index is 2.34. The molecule has 0 saturated carbocycles. The Morgan fingerprint density at radius 1 is 1.09 bits per heavy atom. The number of nitroso groups, excluding NO2 is 1. The SMILES string of the molecule is O=NB(O)c1ccc(Cl)c(NC(=O)c2c(Cl)cccc2Cl)c1. The zero-order chi connectivity index (χ0) is 16.3. The third-order valence-corrected chi connectivity index (χ3v) is 3.79. The normalized spacial score (nSPS) is 10.2. The van der Waals surface area contributed by atoms with Gasteiger partial charge in [0.25, 0.3) is 5.91 Å². The molecular formula is C13H8BCl3N2O3. The Bertz CT molecular complexity index is 722. The van der Waals surface area contributed by atoms with E-state index in [9.17, 15) is 14.7 Å². The van der Waals surface area contributed by atoms with Crippen molar-refractivity contribution in [1.82, 2.24) is 0 Å². The Morgan fingerprint density at radius 2 is 1.73 bits per heavy atom. The summed E-state index contributed by atoms with van der Waals surface area (Å²) in [6, 6.07) is 8.86. The van der Waals surface area contributed by atoms with E-state index >= 15 is 0 Å². The summed E-state index contributed by atoms with van der Waals surface area (Å²) in [6.45, 7) is 0. The molecule has 0 aliphatic rings. The van der Waals surface area contributed by atoms with Crippen LogP contribution >= 0.6 is 34.8 Å². The van der Waals surface area contributed by atoms with Crippen LogP contribution < -0.4 is 10.8 Å². The second-order valence-corrected chi connectivity index (χ2v) is 5.49. The third kappa shape index (κ3) is 3.59. The highest BCUT2D eigenvalue weighted by molar-refractivity contribution is 6.64. The van der Waals surface area contributed by atoms with Crippen molar-refractivity contribution in [2.75, 3.05) is 5.32 Å². The Labute approximate surface area is 141 Å². The van der Waals surface area contributed by atoms with Gasteiger partial charge in [-0.25, -0.2) is 0 Å². The molecule has 5 nitrogen and oxygen atoms in total. The van der Waals surface area contributed by atoms with E-state index in [1.165, 1.54) is 30.3 Å². The van der Waals surface area contributed by atoms with E-state index in [0.29, 0.717) is 0 Å². The first kappa shape index (κ1) is 16.8. The summed E-state index contributed by atoms with van der Waals surface area (Å²) in [4.78, 5) is 22.7. The molecular weight excluding hydrogens is 349 g/mol. The molecule has 2 aromatic rings. The van der Waals surface area contributed by atoms with Gasteiger partial charge in [-0.3, -0.25) is 4.79 Å². The van der Waals surface area contributed by atoms with Gasteiger partial charge in [-0.1, -0.05) is 52.0 Å². The van der Waals surface area contributed by atoms with Gasteiger partial charge in [0.05, 0.1) is 26.3 Å². The molecule has 1 amide bonds. The van der Waals surface area contributed by atoms with E-state index in [4.69, 9.17) is 34.8 Å². The predicted molar refractivity (Wildman–Crippen MR) is 89.3 cm³/mol. The van der Waals surface area contributed by atoms with Gasteiger partial charge in [-0.05, 0) is 29.7 Å². The van der Waals surface area contributed by atoms with Crippen molar-refractivity contribution >= 4 is 58.9 Å². The lowest BCUT2D eigenvalue weighted by atomic mass is 9.76. The molecule has 0 saturated heterocycles. The summed E-state index contributed by atoms with van der Waals surface area (Å²) in [6.07, 6.45) is 0. The minimum Gasteiger partial charge on any atom is -0.425 e. The van der Waals surface area contributed by atoms with E-state index in [0.717, 1.165) is 0 Å². The first-order valence-electron chi connectivity index (χ1n) is 5.99. The number of nitrogens with one attached hydrogen (secondary N) is 1. The zero-order valence-electron chi connectivity index (χ0n) is 10.9. The highest BCUT2D eigenvalue weighted by Gasteiger charge is 2.20. The van der Waals surface area contributed by atoms with Crippen LogP contribution in [0.4, 0.5) is 5.69 Å². The Kier molecular flexibility index (Phi) is 5.42. The standard InChI is InChI=1S/C13H8BCl3N2O3/c15-8-5-4-7(14(21)19-22)6-11(8)18-13(20)12-9(16)2-1-3-10(12)17/h1-6,21H,(H,18,20). The van der Waals surface area contributed by atoms with E-state index in [-0.39, 0.29) is 31.8 Å². The molecule has 0 bridgehead atoms. The number of nitrogens with zero attached hydrogens (tertiary/aromatic N) is 1. The van der Waals surface area contributed by atoms with Gasteiger partial charge in [0.2, 0.25) is 0 Å². The summed E-state index contributed by atoms with van der Waals surface area (Å²) in [5, 5.41) is 15.0. The number of carbonyl (C=O) groups excluding carboxylic acids is 1. The number of carbonyl (C=O) groups is 1. The fourth-order valence-corrected chi connectivity index (χ4v) is 2.49.